The Bertz CT molecular complexity index is 1230. The number of amides is 1. The van der Waals surface area contributed by atoms with E-state index in [0.29, 0.717) is 5.56 Å². The van der Waals surface area contributed by atoms with Gasteiger partial charge >= 0.3 is 6.18 Å². The summed E-state index contributed by atoms with van der Waals surface area (Å²) >= 11 is 0. The van der Waals surface area contributed by atoms with Gasteiger partial charge in [0.2, 0.25) is 0 Å². The van der Waals surface area contributed by atoms with Gasteiger partial charge in [0.05, 0.1) is 6.04 Å². The van der Waals surface area contributed by atoms with Gasteiger partial charge in [-0.05, 0) is 41.0 Å². The molecule has 1 N–H and O–H groups in total. The highest BCUT2D eigenvalue weighted by molar-refractivity contribution is 5.98. The first kappa shape index (κ1) is 19.9. The zero-order valence-corrected chi connectivity index (χ0v) is 16.3. The monoisotopic (exact) mass is 412 g/mol. The topological polar surface area (TPSA) is 59.3 Å². The lowest BCUT2D eigenvalue weighted by Gasteiger charge is -2.21. The van der Waals surface area contributed by atoms with Gasteiger partial charge in [-0.15, -0.1) is 10.2 Å². The maximum absolute atomic E-state index is 13.3. The molecule has 0 aliphatic rings. The van der Waals surface area contributed by atoms with Crippen LogP contribution in [-0.4, -0.2) is 20.5 Å². The number of benzene rings is 2. The van der Waals surface area contributed by atoms with Crippen LogP contribution >= 0.6 is 0 Å². The lowest BCUT2D eigenvalue weighted by Crippen LogP contribution is -2.33. The Morgan fingerprint density at radius 3 is 2.43 bits per heavy atom. The van der Waals surface area contributed by atoms with E-state index in [1.54, 1.807) is 12.1 Å². The van der Waals surface area contributed by atoms with Gasteiger partial charge in [-0.1, -0.05) is 44.2 Å². The van der Waals surface area contributed by atoms with Gasteiger partial charge < -0.3 is 5.32 Å². The van der Waals surface area contributed by atoms with Gasteiger partial charge in [0.25, 0.3) is 5.91 Å². The molecule has 4 rings (SSSR count). The molecule has 1 amide bonds. The number of aromatic nitrogens is 3. The van der Waals surface area contributed by atoms with E-state index in [2.05, 4.69) is 15.5 Å². The zero-order valence-electron chi connectivity index (χ0n) is 16.3. The Kier molecular flexibility index (Phi) is 4.93. The van der Waals surface area contributed by atoms with Crippen molar-refractivity contribution in [3.63, 3.8) is 0 Å². The number of nitrogens with zero attached hydrogens (tertiary/aromatic N) is 3. The quantitative estimate of drug-likeness (QED) is 0.512. The van der Waals surface area contributed by atoms with Crippen LogP contribution in [0, 0.1) is 5.92 Å². The number of alkyl halides is 3. The summed E-state index contributed by atoms with van der Waals surface area (Å²) in [6, 6.07) is 14.7. The molecule has 2 aromatic carbocycles. The zero-order chi connectivity index (χ0) is 21.5. The Labute approximate surface area is 170 Å². The van der Waals surface area contributed by atoms with Crippen LogP contribution < -0.4 is 5.32 Å². The lowest BCUT2D eigenvalue weighted by atomic mass is 10.0. The number of halogens is 3. The minimum atomic E-state index is -4.55. The van der Waals surface area contributed by atoms with Gasteiger partial charge in [-0.25, -0.2) is 0 Å². The van der Waals surface area contributed by atoms with Gasteiger partial charge in [0.15, 0.2) is 11.5 Å². The fourth-order valence-electron chi connectivity index (χ4n) is 3.45. The Balaban J connectivity index is 1.70. The van der Waals surface area contributed by atoms with E-state index >= 15 is 0 Å². The predicted molar refractivity (Wildman–Crippen MR) is 107 cm³/mol. The number of fused-ring (bicyclic) bond motifs is 2. The number of carbonyl (C=O) groups is 1. The molecule has 30 heavy (non-hydrogen) atoms. The summed E-state index contributed by atoms with van der Waals surface area (Å²) in [7, 11) is 0. The van der Waals surface area contributed by atoms with Crippen LogP contribution in [0.4, 0.5) is 13.2 Å². The summed E-state index contributed by atoms with van der Waals surface area (Å²) in [5, 5.41) is 12.6. The van der Waals surface area contributed by atoms with Crippen LogP contribution in [-0.2, 0) is 6.18 Å². The third kappa shape index (κ3) is 3.60. The second-order valence-electron chi connectivity index (χ2n) is 7.43. The first-order valence-corrected chi connectivity index (χ1v) is 9.46. The maximum atomic E-state index is 13.3. The van der Waals surface area contributed by atoms with Crippen molar-refractivity contribution >= 4 is 22.3 Å². The molecule has 8 heteroatoms. The highest BCUT2D eigenvalue weighted by atomic mass is 19.4. The van der Waals surface area contributed by atoms with Crippen molar-refractivity contribution in [2.45, 2.75) is 26.1 Å². The van der Waals surface area contributed by atoms with E-state index in [4.69, 9.17) is 0 Å². The maximum Gasteiger partial charge on any atom is 0.420 e. The van der Waals surface area contributed by atoms with Crippen molar-refractivity contribution < 1.29 is 18.0 Å². The van der Waals surface area contributed by atoms with Crippen LogP contribution in [0.5, 0.6) is 0 Å². The normalized spacial score (nSPS) is 13.1. The fourth-order valence-corrected chi connectivity index (χ4v) is 3.45. The highest BCUT2D eigenvalue weighted by Gasteiger charge is 2.35. The smallest absolute Gasteiger partial charge is 0.342 e. The fraction of sp³-hybridized carbons (Fsp3) is 0.227. The van der Waals surface area contributed by atoms with E-state index in [-0.39, 0.29) is 23.3 Å². The molecule has 0 fully saturated rings. The molecule has 1 atom stereocenters. The third-order valence-corrected chi connectivity index (χ3v) is 5.01. The molecule has 0 aliphatic heterocycles. The Hall–Kier alpha value is -3.42. The predicted octanol–water partition coefficient (Wildman–Crippen LogP) is 5.03. The molecule has 0 aliphatic carbocycles. The molecule has 0 bridgehead atoms. The molecule has 4 aromatic rings. The molecule has 0 radical (unpaired) electrons. The summed E-state index contributed by atoms with van der Waals surface area (Å²) in [5.74, 6) is -0.209. The molecular formula is C22H19F3N4O. The largest absolute Gasteiger partial charge is 0.420 e. The number of hydrogen-bond donors (Lipinski definition) is 1. The second kappa shape index (κ2) is 7.44. The third-order valence-electron chi connectivity index (χ3n) is 5.01. The Morgan fingerprint density at radius 2 is 1.73 bits per heavy atom. The SMILES string of the molecule is CC(C)[C@H](NC(=O)c1ccc2ccccc2c1)c1nnc2c(C(F)(F)F)cccn12. The molecule has 154 valence electrons. The van der Waals surface area contributed by atoms with Crippen molar-refractivity contribution in [2.75, 3.05) is 0 Å². The highest BCUT2D eigenvalue weighted by Crippen LogP contribution is 2.33. The van der Waals surface area contributed by atoms with Crippen molar-refractivity contribution in [3.05, 3.63) is 77.7 Å². The summed E-state index contributed by atoms with van der Waals surface area (Å²) in [6.07, 6.45) is -3.08. The molecule has 2 aromatic heterocycles. The number of pyridine rings is 1. The average Bonchev–Trinajstić information content (AvgIpc) is 3.14. The molecule has 0 spiro atoms. The first-order chi connectivity index (χ1) is 14.3. The van der Waals surface area contributed by atoms with E-state index in [9.17, 15) is 18.0 Å². The van der Waals surface area contributed by atoms with E-state index in [0.717, 1.165) is 16.8 Å². The van der Waals surface area contributed by atoms with Crippen molar-refractivity contribution in [1.82, 2.24) is 19.9 Å². The number of hydrogen-bond acceptors (Lipinski definition) is 3. The molecule has 0 unspecified atom stereocenters. The van der Waals surface area contributed by atoms with Crippen LogP contribution in [0.1, 0.15) is 41.6 Å². The molecular weight excluding hydrogens is 393 g/mol. The number of nitrogens with one attached hydrogen (secondary N) is 1. The van der Waals surface area contributed by atoms with Gasteiger partial charge in [-0.2, -0.15) is 13.2 Å². The first-order valence-electron chi connectivity index (χ1n) is 9.46. The summed E-state index contributed by atoms with van der Waals surface area (Å²) in [4.78, 5) is 12.9. The standard InChI is InChI=1S/C22H19F3N4O/c1-13(2)18(20-28-27-19-17(22(23,24)25)8-5-11-29(19)20)26-21(30)16-10-9-14-6-3-4-7-15(14)12-16/h3-13,18H,1-2H3,(H,26,30)/t18-/m0/s1. The lowest BCUT2D eigenvalue weighted by molar-refractivity contribution is -0.136. The van der Waals surface area contributed by atoms with Crippen molar-refractivity contribution in [3.8, 4) is 0 Å². The van der Waals surface area contributed by atoms with Crippen LogP contribution in [0.25, 0.3) is 16.4 Å². The van der Waals surface area contributed by atoms with Crippen LogP contribution in [0.3, 0.4) is 0 Å². The molecule has 5 nitrogen and oxygen atoms in total. The number of carbonyl (C=O) groups excluding carboxylic acids is 1. The average molecular weight is 412 g/mol. The molecule has 0 saturated heterocycles. The Morgan fingerprint density at radius 1 is 1.00 bits per heavy atom. The van der Waals surface area contributed by atoms with E-state index < -0.39 is 17.8 Å². The van der Waals surface area contributed by atoms with Gasteiger partial charge in [0, 0.05) is 11.8 Å². The van der Waals surface area contributed by atoms with Crippen molar-refractivity contribution in [1.29, 1.82) is 0 Å². The molecule has 2 heterocycles. The van der Waals surface area contributed by atoms with E-state index in [1.807, 2.05) is 44.2 Å². The minimum absolute atomic E-state index is 0.128. The summed E-state index contributed by atoms with van der Waals surface area (Å²) in [6.45, 7) is 3.72. The minimum Gasteiger partial charge on any atom is -0.342 e. The van der Waals surface area contributed by atoms with Crippen LogP contribution in [0.15, 0.2) is 60.8 Å². The van der Waals surface area contributed by atoms with Crippen LogP contribution in [0.2, 0.25) is 0 Å². The summed E-state index contributed by atoms with van der Waals surface area (Å²) in [5.41, 5.74) is -0.693. The number of rotatable bonds is 4. The van der Waals surface area contributed by atoms with Gasteiger partial charge in [-0.3, -0.25) is 9.20 Å². The molecule has 0 saturated carbocycles. The van der Waals surface area contributed by atoms with Crippen molar-refractivity contribution in [2.24, 2.45) is 5.92 Å². The second-order valence-corrected chi connectivity index (χ2v) is 7.43. The summed E-state index contributed by atoms with van der Waals surface area (Å²) < 4.78 is 41.2. The van der Waals surface area contributed by atoms with E-state index in [1.165, 1.54) is 16.7 Å². The van der Waals surface area contributed by atoms with Gasteiger partial charge in [0.1, 0.15) is 5.56 Å².